The Morgan fingerprint density at radius 2 is 2.25 bits per heavy atom. The summed E-state index contributed by atoms with van der Waals surface area (Å²) in [6, 6.07) is 2.68. The maximum absolute atomic E-state index is 11.9. The van der Waals surface area contributed by atoms with Crippen LogP contribution in [0.2, 0.25) is 0 Å². The fourth-order valence-corrected chi connectivity index (χ4v) is 1.63. The number of carboxylic acids is 1. The van der Waals surface area contributed by atoms with E-state index in [9.17, 15) is 9.59 Å². The van der Waals surface area contributed by atoms with E-state index in [0.717, 1.165) is 0 Å². The largest absolute Gasteiger partial charge is 0.477 e. The molecule has 2 rings (SSSR count). The van der Waals surface area contributed by atoms with Crippen LogP contribution < -0.4 is 5.32 Å². The van der Waals surface area contributed by atoms with Crippen molar-refractivity contribution >= 4 is 11.9 Å². The average Bonchev–Trinajstić information content (AvgIpc) is 2.92. The van der Waals surface area contributed by atoms with Crippen LogP contribution in [0, 0.1) is 0 Å². The molecule has 0 bridgehead atoms. The quantitative estimate of drug-likeness (QED) is 0.813. The Morgan fingerprint density at radius 1 is 1.45 bits per heavy atom. The van der Waals surface area contributed by atoms with Crippen LogP contribution in [0.25, 0.3) is 0 Å². The first-order chi connectivity index (χ1) is 9.61. The van der Waals surface area contributed by atoms with Crippen molar-refractivity contribution in [2.45, 2.75) is 20.0 Å². The highest BCUT2D eigenvalue weighted by atomic mass is 16.4. The van der Waals surface area contributed by atoms with Crippen molar-refractivity contribution in [1.29, 1.82) is 0 Å². The maximum atomic E-state index is 11.9. The van der Waals surface area contributed by atoms with E-state index in [4.69, 9.17) is 5.11 Å². The number of amides is 1. The van der Waals surface area contributed by atoms with E-state index in [1.165, 1.54) is 18.3 Å². The fourth-order valence-electron chi connectivity index (χ4n) is 1.63. The van der Waals surface area contributed by atoms with Crippen LogP contribution in [-0.2, 0) is 13.1 Å². The Kier molecular flexibility index (Phi) is 4.04. The molecule has 0 fully saturated rings. The van der Waals surface area contributed by atoms with Gasteiger partial charge in [0.25, 0.3) is 5.91 Å². The number of hydrogen-bond acceptors (Lipinski definition) is 5. The van der Waals surface area contributed by atoms with E-state index < -0.39 is 5.97 Å². The molecule has 0 aromatic carbocycles. The van der Waals surface area contributed by atoms with E-state index in [1.807, 2.05) is 6.92 Å². The molecular weight excluding hydrogens is 262 g/mol. The fraction of sp³-hybridized carbons (Fsp3) is 0.250. The van der Waals surface area contributed by atoms with Crippen molar-refractivity contribution in [2.24, 2.45) is 0 Å². The zero-order valence-corrected chi connectivity index (χ0v) is 10.8. The first-order valence-corrected chi connectivity index (χ1v) is 5.96. The third kappa shape index (κ3) is 2.97. The van der Waals surface area contributed by atoms with Gasteiger partial charge in [0.1, 0.15) is 12.0 Å². The summed E-state index contributed by atoms with van der Waals surface area (Å²) in [4.78, 5) is 26.4. The van der Waals surface area contributed by atoms with Gasteiger partial charge in [-0.1, -0.05) is 0 Å². The second-order valence-corrected chi connectivity index (χ2v) is 3.95. The molecule has 0 radical (unpaired) electrons. The minimum Gasteiger partial charge on any atom is -0.477 e. The Hall–Kier alpha value is -2.77. The second kappa shape index (κ2) is 5.91. The van der Waals surface area contributed by atoms with Gasteiger partial charge in [-0.05, 0) is 19.1 Å². The van der Waals surface area contributed by atoms with Gasteiger partial charge in [0.15, 0.2) is 5.82 Å². The van der Waals surface area contributed by atoms with Gasteiger partial charge in [-0.2, -0.15) is 0 Å². The highest BCUT2D eigenvalue weighted by Crippen LogP contribution is 2.03. The molecule has 2 aromatic heterocycles. The third-order valence-electron chi connectivity index (χ3n) is 2.68. The summed E-state index contributed by atoms with van der Waals surface area (Å²) in [6.07, 6.45) is 2.86. The number of pyridine rings is 1. The van der Waals surface area contributed by atoms with Crippen LogP contribution in [0.1, 0.15) is 33.6 Å². The van der Waals surface area contributed by atoms with E-state index in [2.05, 4.69) is 20.5 Å². The van der Waals surface area contributed by atoms with Crippen LogP contribution in [0.4, 0.5) is 0 Å². The minimum absolute atomic E-state index is 0.172. The summed E-state index contributed by atoms with van der Waals surface area (Å²) in [7, 11) is 0. The molecular formula is C12H13N5O3. The Morgan fingerprint density at radius 3 is 2.95 bits per heavy atom. The zero-order valence-electron chi connectivity index (χ0n) is 10.8. The summed E-state index contributed by atoms with van der Waals surface area (Å²) in [5, 5.41) is 19.1. The molecule has 1 amide bonds. The highest BCUT2D eigenvalue weighted by Gasteiger charge is 2.11. The number of nitrogens with zero attached hydrogens (tertiary/aromatic N) is 4. The number of hydrogen-bond donors (Lipinski definition) is 2. The van der Waals surface area contributed by atoms with Gasteiger partial charge < -0.3 is 15.0 Å². The smallest absolute Gasteiger partial charge is 0.354 e. The lowest BCUT2D eigenvalue weighted by Gasteiger charge is -2.06. The number of aromatic nitrogens is 4. The van der Waals surface area contributed by atoms with Crippen LogP contribution in [-0.4, -0.2) is 36.7 Å². The average molecular weight is 275 g/mol. The van der Waals surface area contributed by atoms with Gasteiger partial charge in [0.2, 0.25) is 0 Å². The van der Waals surface area contributed by atoms with Crippen molar-refractivity contribution in [3.8, 4) is 0 Å². The highest BCUT2D eigenvalue weighted by molar-refractivity contribution is 5.96. The molecule has 0 saturated heterocycles. The van der Waals surface area contributed by atoms with E-state index in [-0.39, 0.29) is 23.7 Å². The van der Waals surface area contributed by atoms with Crippen LogP contribution in [0.15, 0.2) is 24.7 Å². The lowest BCUT2D eigenvalue weighted by Crippen LogP contribution is -2.25. The van der Waals surface area contributed by atoms with Crippen molar-refractivity contribution in [1.82, 2.24) is 25.1 Å². The predicted molar refractivity (Wildman–Crippen MR) is 68.1 cm³/mol. The standard InChI is InChI=1S/C12H13N5O3/c1-2-17-7-15-16-10(17)6-14-11(18)8-3-4-13-9(5-8)12(19)20/h3-5,7H,2,6H2,1H3,(H,14,18)(H,19,20). The van der Waals surface area contributed by atoms with E-state index in [1.54, 1.807) is 10.9 Å². The lowest BCUT2D eigenvalue weighted by atomic mass is 10.2. The molecule has 8 heteroatoms. The number of rotatable bonds is 5. The maximum Gasteiger partial charge on any atom is 0.354 e. The summed E-state index contributed by atoms with van der Waals surface area (Å²) >= 11 is 0. The number of aromatic carboxylic acids is 1. The number of carbonyl (C=O) groups is 2. The number of carboxylic acid groups (broad SMARTS) is 1. The number of carbonyl (C=O) groups excluding carboxylic acids is 1. The number of nitrogens with one attached hydrogen (secondary N) is 1. The molecule has 0 unspecified atom stereocenters. The first kappa shape index (κ1) is 13.7. The molecule has 20 heavy (non-hydrogen) atoms. The van der Waals surface area contributed by atoms with Gasteiger partial charge in [-0.25, -0.2) is 9.78 Å². The van der Waals surface area contributed by atoms with Crippen molar-refractivity contribution in [3.05, 3.63) is 41.7 Å². The van der Waals surface area contributed by atoms with Gasteiger partial charge in [-0.3, -0.25) is 4.79 Å². The lowest BCUT2D eigenvalue weighted by molar-refractivity contribution is 0.0690. The SMILES string of the molecule is CCn1cnnc1CNC(=O)c1ccnc(C(=O)O)c1. The number of aryl methyl sites for hydroxylation is 1. The summed E-state index contributed by atoms with van der Waals surface area (Å²) in [6.45, 7) is 2.87. The predicted octanol–water partition coefficient (Wildman–Crippen LogP) is 0.321. The Bertz CT molecular complexity index is 638. The van der Waals surface area contributed by atoms with Crippen LogP contribution in [0.3, 0.4) is 0 Å². The Labute approximate surface area is 114 Å². The van der Waals surface area contributed by atoms with Crippen molar-refractivity contribution in [3.63, 3.8) is 0 Å². The summed E-state index contributed by atoms with van der Waals surface area (Å²) < 4.78 is 1.80. The normalized spacial score (nSPS) is 10.2. The second-order valence-electron chi connectivity index (χ2n) is 3.95. The summed E-state index contributed by atoms with van der Waals surface area (Å²) in [5.41, 5.74) is 0.0642. The molecule has 104 valence electrons. The van der Waals surface area contributed by atoms with Crippen LogP contribution in [0.5, 0.6) is 0 Å². The molecule has 2 heterocycles. The monoisotopic (exact) mass is 275 g/mol. The van der Waals surface area contributed by atoms with Crippen molar-refractivity contribution < 1.29 is 14.7 Å². The third-order valence-corrected chi connectivity index (χ3v) is 2.68. The van der Waals surface area contributed by atoms with Gasteiger partial charge in [-0.15, -0.1) is 10.2 Å². The van der Waals surface area contributed by atoms with Gasteiger partial charge >= 0.3 is 5.97 Å². The molecule has 0 aliphatic carbocycles. The summed E-state index contributed by atoms with van der Waals surface area (Å²) in [5.74, 6) is -0.931. The molecule has 2 aromatic rings. The first-order valence-electron chi connectivity index (χ1n) is 5.96. The van der Waals surface area contributed by atoms with E-state index in [0.29, 0.717) is 12.4 Å². The minimum atomic E-state index is -1.18. The Balaban J connectivity index is 2.05. The van der Waals surface area contributed by atoms with Crippen molar-refractivity contribution in [2.75, 3.05) is 0 Å². The molecule has 0 saturated carbocycles. The molecule has 0 spiro atoms. The van der Waals surface area contributed by atoms with Gasteiger partial charge in [0, 0.05) is 18.3 Å². The molecule has 2 N–H and O–H groups in total. The topological polar surface area (TPSA) is 110 Å². The molecule has 0 aliphatic heterocycles. The molecule has 0 aliphatic rings. The van der Waals surface area contributed by atoms with E-state index >= 15 is 0 Å². The van der Waals surface area contributed by atoms with Crippen LogP contribution >= 0.6 is 0 Å². The van der Waals surface area contributed by atoms with Gasteiger partial charge in [0.05, 0.1) is 6.54 Å². The molecule has 0 atom stereocenters. The zero-order chi connectivity index (χ0) is 14.5. The molecule has 8 nitrogen and oxygen atoms in total.